The van der Waals surface area contributed by atoms with E-state index in [-0.39, 0.29) is 10.8 Å². The van der Waals surface area contributed by atoms with Crippen molar-refractivity contribution >= 4 is 27.6 Å². The molecule has 3 rings (SSSR count). The SMILES string of the molecule is C=CCNC(=O)C1(c2ccc(NS(=O)(=O)c3cc(C)c(C)cc3C)cc2)CC1.O=C(O)C(F)(F)F. The maximum atomic E-state index is 12.8. The summed E-state index contributed by atoms with van der Waals surface area (Å²) in [6, 6.07) is 10.7. The third-order valence-electron chi connectivity index (χ3n) is 5.60. The highest BCUT2D eigenvalue weighted by Crippen LogP contribution is 2.48. The zero-order valence-electron chi connectivity index (χ0n) is 19.5. The summed E-state index contributed by atoms with van der Waals surface area (Å²) in [5.41, 5.74) is 3.59. The van der Waals surface area contributed by atoms with Gasteiger partial charge in [0.05, 0.1) is 10.3 Å². The number of benzene rings is 2. The van der Waals surface area contributed by atoms with Crippen LogP contribution >= 0.6 is 0 Å². The van der Waals surface area contributed by atoms with E-state index in [0.29, 0.717) is 17.8 Å². The minimum absolute atomic E-state index is 0.00788. The lowest BCUT2D eigenvalue weighted by atomic mass is 9.95. The van der Waals surface area contributed by atoms with Gasteiger partial charge in [0.2, 0.25) is 5.91 Å². The predicted molar refractivity (Wildman–Crippen MR) is 126 cm³/mol. The second-order valence-electron chi connectivity index (χ2n) is 8.27. The van der Waals surface area contributed by atoms with Crippen molar-refractivity contribution in [2.75, 3.05) is 11.3 Å². The summed E-state index contributed by atoms with van der Waals surface area (Å²) in [5.74, 6) is -2.76. The topological polar surface area (TPSA) is 113 Å². The molecule has 35 heavy (non-hydrogen) atoms. The summed E-state index contributed by atoms with van der Waals surface area (Å²) in [5, 5.41) is 9.98. The number of hydrogen-bond donors (Lipinski definition) is 3. The van der Waals surface area contributed by atoms with Gasteiger partial charge in [-0.1, -0.05) is 24.3 Å². The number of carboxylic acids is 1. The van der Waals surface area contributed by atoms with Crippen molar-refractivity contribution in [1.82, 2.24) is 5.32 Å². The second-order valence-corrected chi connectivity index (χ2v) is 9.92. The molecule has 0 saturated heterocycles. The van der Waals surface area contributed by atoms with Gasteiger partial charge in [-0.25, -0.2) is 13.2 Å². The van der Waals surface area contributed by atoms with Crippen LogP contribution in [0.3, 0.4) is 0 Å². The van der Waals surface area contributed by atoms with Crippen LogP contribution < -0.4 is 10.0 Å². The number of carbonyl (C=O) groups is 2. The highest BCUT2D eigenvalue weighted by Gasteiger charge is 2.51. The van der Waals surface area contributed by atoms with E-state index in [1.807, 2.05) is 32.0 Å². The predicted octanol–water partition coefficient (Wildman–Crippen LogP) is 4.38. The van der Waals surface area contributed by atoms with E-state index in [1.54, 1.807) is 31.2 Å². The summed E-state index contributed by atoms with van der Waals surface area (Å²) < 4.78 is 60.0. The lowest BCUT2D eigenvalue weighted by Gasteiger charge is -2.16. The Morgan fingerprint density at radius 1 is 1.06 bits per heavy atom. The van der Waals surface area contributed by atoms with Gasteiger partial charge in [-0.3, -0.25) is 9.52 Å². The number of carboxylic acid groups (broad SMARTS) is 1. The molecule has 0 radical (unpaired) electrons. The first-order valence-corrected chi connectivity index (χ1v) is 12.0. The van der Waals surface area contributed by atoms with E-state index in [1.165, 1.54) is 0 Å². The number of aliphatic carboxylic acids is 1. The summed E-state index contributed by atoms with van der Waals surface area (Å²) in [7, 11) is -3.68. The maximum absolute atomic E-state index is 12.8. The summed E-state index contributed by atoms with van der Waals surface area (Å²) in [6.45, 7) is 9.71. The Labute approximate surface area is 202 Å². The van der Waals surface area contributed by atoms with Gasteiger partial charge < -0.3 is 10.4 Å². The Bertz CT molecular complexity index is 1220. The highest BCUT2D eigenvalue weighted by molar-refractivity contribution is 7.92. The Morgan fingerprint density at radius 3 is 2.03 bits per heavy atom. The normalized spacial score (nSPS) is 14.2. The third kappa shape index (κ3) is 6.84. The fourth-order valence-corrected chi connectivity index (χ4v) is 4.77. The van der Waals surface area contributed by atoms with Gasteiger partial charge in [-0.2, -0.15) is 13.2 Å². The number of hydrogen-bond acceptors (Lipinski definition) is 4. The van der Waals surface area contributed by atoms with Crippen molar-refractivity contribution in [3.05, 3.63) is 71.3 Å². The quantitative estimate of drug-likeness (QED) is 0.477. The summed E-state index contributed by atoms with van der Waals surface area (Å²) in [4.78, 5) is 21.6. The van der Waals surface area contributed by atoms with Crippen LogP contribution in [0.4, 0.5) is 18.9 Å². The number of sulfonamides is 1. The molecular weight excluding hydrogens is 485 g/mol. The molecule has 11 heteroatoms. The molecule has 2 aromatic carbocycles. The van der Waals surface area contributed by atoms with Crippen LogP contribution in [0.25, 0.3) is 0 Å². The zero-order valence-corrected chi connectivity index (χ0v) is 20.3. The van der Waals surface area contributed by atoms with Gasteiger partial charge in [-0.05, 0) is 74.1 Å². The molecular formula is C24H27F3N2O5S. The first-order chi connectivity index (χ1) is 16.1. The molecule has 0 bridgehead atoms. The molecule has 1 aliphatic carbocycles. The number of carbonyl (C=O) groups excluding carboxylic acids is 1. The van der Waals surface area contributed by atoms with Crippen LogP contribution in [0.15, 0.2) is 53.9 Å². The molecule has 1 aliphatic rings. The lowest BCUT2D eigenvalue weighted by molar-refractivity contribution is -0.192. The van der Waals surface area contributed by atoms with Gasteiger partial charge in [-0.15, -0.1) is 6.58 Å². The van der Waals surface area contributed by atoms with Crippen molar-refractivity contribution in [2.24, 2.45) is 0 Å². The number of anilines is 1. The molecule has 3 N–H and O–H groups in total. The third-order valence-corrected chi connectivity index (χ3v) is 7.13. The van der Waals surface area contributed by atoms with E-state index >= 15 is 0 Å². The van der Waals surface area contributed by atoms with Gasteiger partial charge >= 0.3 is 12.1 Å². The monoisotopic (exact) mass is 512 g/mol. The molecule has 0 atom stereocenters. The van der Waals surface area contributed by atoms with E-state index < -0.39 is 27.6 Å². The van der Waals surface area contributed by atoms with E-state index in [0.717, 1.165) is 29.5 Å². The van der Waals surface area contributed by atoms with Crippen molar-refractivity contribution < 1.29 is 36.3 Å². The van der Waals surface area contributed by atoms with Gasteiger partial charge in [0.1, 0.15) is 0 Å². The van der Waals surface area contributed by atoms with Crippen LogP contribution in [0.1, 0.15) is 35.1 Å². The Hall–Kier alpha value is -3.34. The molecule has 0 aromatic heterocycles. The summed E-state index contributed by atoms with van der Waals surface area (Å²) in [6.07, 6.45) is -1.84. The van der Waals surface area contributed by atoms with Gasteiger partial charge in [0.15, 0.2) is 0 Å². The van der Waals surface area contributed by atoms with E-state index in [4.69, 9.17) is 9.90 Å². The average molecular weight is 513 g/mol. The standard InChI is InChI=1S/C22H26N2O3S.C2HF3O2/c1-5-12-23-21(25)22(10-11-22)18-6-8-19(9-7-18)24-28(26,27)20-14-16(3)15(2)13-17(20)4;3-2(4,5)1(6)7/h5-9,13-14,24H,1,10-12H2,2-4H3,(H,23,25);(H,6,7). The Balaban J connectivity index is 0.000000540. The van der Waals surface area contributed by atoms with E-state index in [2.05, 4.69) is 16.6 Å². The molecule has 0 spiro atoms. The molecule has 1 amide bonds. The maximum Gasteiger partial charge on any atom is 0.490 e. The van der Waals surface area contributed by atoms with Crippen LogP contribution in [-0.4, -0.2) is 38.1 Å². The number of nitrogens with one attached hydrogen (secondary N) is 2. The molecule has 190 valence electrons. The molecule has 1 fully saturated rings. The number of amides is 1. The van der Waals surface area contributed by atoms with Gasteiger partial charge in [0.25, 0.3) is 10.0 Å². The molecule has 0 aliphatic heterocycles. The lowest BCUT2D eigenvalue weighted by Crippen LogP contribution is -2.34. The highest BCUT2D eigenvalue weighted by atomic mass is 32.2. The van der Waals surface area contributed by atoms with Crippen LogP contribution in [0.2, 0.25) is 0 Å². The van der Waals surface area contributed by atoms with Crippen molar-refractivity contribution in [3.8, 4) is 0 Å². The fourth-order valence-electron chi connectivity index (χ4n) is 3.40. The Kier molecular flexibility index (Phi) is 8.38. The Morgan fingerprint density at radius 2 is 1.57 bits per heavy atom. The van der Waals surface area contributed by atoms with Gasteiger partial charge in [0, 0.05) is 12.2 Å². The van der Waals surface area contributed by atoms with E-state index in [9.17, 15) is 26.4 Å². The molecule has 1 saturated carbocycles. The van der Waals surface area contributed by atoms with Crippen LogP contribution in [0.5, 0.6) is 0 Å². The average Bonchev–Trinajstić information content (AvgIpc) is 3.56. The molecule has 0 heterocycles. The fraction of sp³-hybridized carbons (Fsp3) is 0.333. The number of halogens is 3. The number of aryl methyl sites for hydroxylation is 3. The first kappa shape index (κ1) is 27.9. The minimum Gasteiger partial charge on any atom is -0.475 e. The smallest absolute Gasteiger partial charge is 0.475 e. The molecule has 2 aromatic rings. The second kappa shape index (κ2) is 10.5. The van der Waals surface area contributed by atoms with Crippen molar-refractivity contribution in [3.63, 3.8) is 0 Å². The number of alkyl halides is 3. The number of rotatable bonds is 7. The van der Waals surface area contributed by atoms with Crippen molar-refractivity contribution in [1.29, 1.82) is 0 Å². The first-order valence-electron chi connectivity index (χ1n) is 10.5. The zero-order chi connectivity index (χ0) is 26.6. The summed E-state index contributed by atoms with van der Waals surface area (Å²) >= 11 is 0. The van der Waals surface area contributed by atoms with Crippen LogP contribution in [-0.2, 0) is 25.0 Å². The van der Waals surface area contributed by atoms with Crippen molar-refractivity contribution in [2.45, 2.75) is 50.1 Å². The minimum atomic E-state index is -5.08. The molecule has 0 unspecified atom stereocenters. The van der Waals surface area contributed by atoms with Crippen LogP contribution in [0, 0.1) is 20.8 Å². The molecule has 7 nitrogen and oxygen atoms in total. The largest absolute Gasteiger partial charge is 0.490 e.